The number of hydrogen-bond acceptors (Lipinski definition) is 2. The summed E-state index contributed by atoms with van der Waals surface area (Å²) in [5.74, 6) is -0.146. The number of hydrogen-bond donors (Lipinski definition) is 2. The van der Waals surface area contributed by atoms with Gasteiger partial charge in [0.2, 0.25) is 0 Å². The maximum Gasteiger partial charge on any atom is 0.253 e. The van der Waals surface area contributed by atoms with Crippen LogP contribution in [-0.2, 0) is 0 Å². The largest absolute Gasteiger partial charge is 0.387 e. The molecule has 0 aliphatic carbocycles. The fraction of sp³-hybridized carbons (Fsp3) is 0.222. The van der Waals surface area contributed by atoms with E-state index in [0.717, 1.165) is 5.69 Å². The van der Waals surface area contributed by atoms with Crippen molar-refractivity contribution < 1.29 is 4.79 Å². The zero-order valence-electron chi connectivity index (χ0n) is 7.52. The van der Waals surface area contributed by atoms with E-state index in [1.807, 2.05) is 0 Å². The molecule has 1 aromatic carbocycles. The second-order valence-electron chi connectivity index (χ2n) is 2.52. The van der Waals surface area contributed by atoms with Gasteiger partial charge in [-0.1, -0.05) is 11.6 Å². The number of nitrogens with one attached hydrogen (secondary N) is 2. The highest BCUT2D eigenvalue weighted by atomic mass is 35.5. The molecule has 0 bridgehead atoms. The Labute approximate surface area is 82.1 Å². The maximum absolute atomic E-state index is 11.3. The number of benzene rings is 1. The second kappa shape index (κ2) is 4.14. The number of amides is 1. The Hall–Kier alpha value is -1.22. The molecule has 4 heteroatoms. The lowest BCUT2D eigenvalue weighted by molar-refractivity contribution is 0.0964. The second-order valence-corrected chi connectivity index (χ2v) is 2.96. The topological polar surface area (TPSA) is 41.1 Å². The zero-order valence-corrected chi connectivity index (χ0v) is 8.27. The molecule has 0 aliphatic heterocycles. The molecular weight excluding hydrogens is 188 g/mol. The Morgan fingerprint density at radius 1 is 1.38 bits per heavy atom. The molecule has 0 atom stereocenters. The molecule has 1 aromatic rings. The van der Waals surface area contributed by atoms with E-state index in [0.29, 0.717) is 10.6 Å². The third-order valence-electron chi connectivity index (χ3n) is 1.72. The third-order valence-corrected chi connectivity index (χ3v) is 1.96. The Morgan fingerprint density at radius 3 is 2.62 bits per heavy atom. The highest BCUT2D eigenvalue weighted by Crippen LogP contribution is 2.19. The van der Waals surface area contributed by atoms with Gasteiger partial charge < -0.3 is 10.6 Å². The van der Waals surface area contributed by atoms with Crippen molar-refractivity contribution in [1.82, 2.24) is 5.32 Å². The van der Waals surface area contributed by atoms with E-state index in [4.69, 9.17) is 11.6 Å². The molecular formula is C9H11ClN2O. The summed E-state index contributed by atoms with van der Waals surface area (Å²) in [7, 11) is 3.35. The Kier molecular flexibility index (Phi) is 3.14. The van der Waals surface area contributed by atoms with Gasteiger partial charge in [-0.3, -0.25) is 4.79 Å². The first kappa shape index (κ1) is 9.86. The number of halogens is 1. The normalized spacial score (nSPS) is 9.46. The zero-order chi connectivity index (χ0) is 9.84. The lowest BCUT2D eigenvalue weighted by atomic mass is 10.1. The number of carbonyl (C=O) groups is 1. The third kappa shape index (κ3) is 2.12. The van der Waals surface area contributed by atoms with Crippen molar-refractivity contribution in [2.75, 3.05) is 19.4 Å². The van der Waals surface area contributed by atoms with E-state index in [1.165, 1.54) is 0 Å². The maximum atomic E-state index is 11.3. The van der Waals surface area contributed by atoms with Crippen molar-refractivity contribution in [2.45, 2.75) is 0 Å². The Bertz CT molecular complexity index is 325. The molecule has 13 heavy (non-hydrogen) atoms. The van der Waals surface area contributed by atoms with Crippen LogP contribution >= 0.6 is 11.6 Å². The summed E-state index contributed by atoms with van der Waals surface area (Å²) in [5.41, 5.74) is 1.32. The number of rotatable bonds is 2. The van der Waals surface area contributed by atoms with Gasteiger partial charge in [0.1, 0.15) is 0 Å². The van der Waals surface area contributed by atoms with Gasteiger partial charge >= 0.3 is 0 Å². The lowest BCUT2D eigenvalue weighted by Gasteiger charge is -2.07. The summed E-state index contributed by atoms with van der Waals surface area (Å²) in [6.07, 6.45) is 0. The van der Waals surface area contributed by atoms with Gasteiger partial charge in [0.15, 0.2) is 0 Å². The molecule has 1 rings (SSSR count). The van der Waals surface area contributed by atoms with Crippen molar-refractivity contribution in [3.63, 3.8) is 0 Å². The van der Waals surface area contributed by atoms with Crippen molar-refractivity contribution in [2.24, 2.45) is 0 Å². The standard InChI is InChI=1S/C9H11ClN2O/c1-11-8-4-3-6(10)5-7(8)9(13)12-2/h3-5,11H,1-2H3,(H,12,13). The van der Waals surface area contributed by atoms with E-state index in [-0.39, 0.29) is 5.91 Å². The van der Waals surface area contributed by atoms with Gasteiger partial charge in [-0.25, -0.2) is 0 Å². The highest BCUT2D eigenvalue weighted by molar-refractivity contribution is 6.31. The monoisotopic (exact) mass is 198 g/mol. The summed E-state index contributed by atoms with van der Waals surface area (Å²) in [6.45, 7) is 0. The summed E-state index contributed by atoms with van der Waals surface area (Å²) < 4.78 is 0. The van der Waals surface area contributed by atoms with Gasteiger partial charge in [-0.15, -0.1) is 0 Å². The van der Waals surface area contributed by atoms with Crippen LogP contribution in [0.25, 0.3) is 0 Å². The number of anilines is 1. The Morgan fingerprint density at radius 2 is 2.08 bits per heavy atom. The van der Waals surface area contributed by atoms with Crippen molar-refractivity contribution in [3.05, 3.63) is 28.8 Å². The fourth-order valence-electron chi connectivity index (χ4n) is 1.06. The predicted octanol–water partition coefficient (Wildman–Crippen LogP) is 1.74. The average molecular weight is 199 g/mol. The minimum absolute atomic E-state index is 0.146. The van der Waals surface area contributed by atoms with Crippen LogP contribution in [0.4, 0.5) is 5.69 Å². The summed E-state index contributed by atoms with van der Waals surface area (Å²) >= 11 is 5.77. The molecule has 0 radical (unpaired) electrons. The van der Waals surface area contributed by atoms with Crippen LogP contribution in [0, 0.1) is 0 Å². The molecule has 0 saturated heterocycles. The van der Waals surface area contributed by atoms with Crippen molar-refractivity contribution in [1.29, 1.82) is 0 Å². The SMILES string of the molecule is CNC(=O)c1cc(Cl)ccc1NC. The molecule has 0 spiro atoms. The first-order valence-corrected chi connectivity index (χ1v) is 4.26. The van der Waals surface area contributed by atoms with Gasteiger partial charge in [0.05, 0.1) is 5.56 Å². The van der Waals surface area contributed by atoms with Gasteiger partial charge in [0, 0.05) is 24.8 Å². The fourth-order valence-corrected chi connectivity index (χ4v) is 1.23. The molecule has 70 valence electrons. The van der Waals surface area contributed by atoms with Crippen LogP contribution < -0.4 is 10.6 Å². The minimum Gasteiger partial charge on any atom is -0.387 e. The quantitative estimate of drug-likeness (QED) is 0.760. The molecule has 0 heterocycles. The summed E-state index contributed by atoms with van der Waals surface area (Å²) in [6, 6.07) is 5.14. The Balaban J connectivity index is 3.15. The van der Waals surface area contributed by atoms with Crippen molar-refractivity contribution >= 4 is 23.2 Å². The predicted molar refractivity (Wildman–Crippen MR) is 54.4 cm³/mol. The summed E-state index contributed by atoms with van der Waals surface area (Å²) in [4.78, 5) is 11.3. The molecule has 3 nitrogen and oxygen atoms in total. The van der Waals surface area contributed by atoms with E-state index in [2.05, 4.69) is 10.6 Å². The molecule has 0 saturated carbocycles. The first-order valence-electron chi connectivity index (χ1n) is 3.88. The lowest BCUT2D eigenvalue weighted by Crippen LogP contribution is -2.19. The highest BCUT2D eigenvalue weighted by Gasteiger charge is 2.08. The molecule has 0 unspecified atom stereocenters. The van der Waals surface area contributed by atoms with Crippen LogP contribution in [0.2, 0.25) is 5.02 Å². The molecule has 0 fully saturated rings. The van der Waals surface area contributed by atoms with Crippen LogP contribution in [0.1, 0.15) is 10.4 Å². The van der Waals surface area contributed by atoms with E-state index >= 15 is 0 Å². The first-order chi connectivity index (χ1) is 6.19. The van der Waals surface area contributed by atoms with Gasteiger partial charge in [-0.05, 0) is 18.2 Å². The molecule has 0 aliphatic rings. The van der Waals surface area contributed by atoms with Crippen LogP contribution in [0.3, 0.4) is 0 Å². The van der Waals surface area contributed by atoms with E-state index in [1.54, 1.807) is 32.3 Å². The molecule has 0 aromatic heterocycles. The molecule has 1 amide bonds. The average Bonchev–Trinajstić information content (AvgIpc) is 2.16. The van der Waals surface area contributed by atoms with Crippen LogP contribution in [0.15, 0.2) is 18.2 Å². The van der Waals surface area contributed by atoms with Gasteiger partial charge in [0.25, 0.3) is 5.91 Å². The van der Waals surface area contributed by atoms with Crippen LogP contribution in [-0.4, -0.2) is 20.0 Å². The van der Waals surface area contributed by atoms with Crippen LogP contribution in [0.5, 0.6) is 0 Å². The number of carbonyl (C=O) groups excluding carboxylic acids is 1. The summed E-state index contributed by atoms with van der Waals surface area (Å²) in [5, 5.41) is 6.02. The van der Waals surface area contributed by atoms with Crippen molar-refractivity contribution in [3.8, 4) is 0 Å². The van der Waals surface area contributed by atoms with E-state index in [9.17, 15) is 4.79 Å². The minimum atomic E-state index is -0.146. The smallest absolute Gasteiger partial charge is 0.253 e. The van der Waals surface area contributed by atoms with E-state index < -0.39 is 0 Å². The van der Waals surface area contributed by atoms with Gasteiger partial charge in [-0.2, -0.15) is 0 Å². The molecule has 2 N–H and O–H groups in total.